The van der Waals surface area contributed by atoms with E-state index in [4.69, 9.17) is 11.6 Å². The van der Waals surface area contributed by atoms with Crippen LogP contribution in [0.3, 0.4) is 0 Å². The number of hydrogen-bond acceptors (Lipinski definition) is 2. The molecular weight excluding hydrogens is 265 g/mol. The van der Waals surface area contributed by atoms with Crippen molar-refractivity contribution in [3.05, 3.63) is 46.5 Å². The molecule has 1 N–H and O–H groups in total. The van der Waals surface area contributed by atoms with Gasteiger partial charge in [0.2, 0.25) is 0 Å². The molecule has 1 aliphatic carbocycles. The van der Waals surface area contributed by atoms with Gasteiger partial charge < -0.3 is 5.32 Å². The minimum atomic E-state index is -0.424. The van der Waals surface area contributed by atoms with Gasteiger partial charge >= 0.3 is 0 Å². The van der Waals surface area contributed by atoms with Gasteiger partial charge in [-0.05, 0) is 31.9 Å². The molecule has 0 unspecified atom stereocenters. The summed E-state index contributed by atoms with van der Waals surface area (Å²) in [6.45, 7) is 2.80. The van der Waals surface area contributed by atoms with Crippen molar-refractivity contribution in [2.24, 2.45) is 0 Å². The quantitative estimate of drug-likeness (QED) is 0.931. The zero-order valence-electron chi connectivity index (χ0n) is 10.7. The lowest BCUT2D eigenvalue weighted by atomic mass is 10.2. The first-order valence-corrected chi connectivity index (χ1v) is 6.75. The molecule has 1 aromatic carbocycles. The first-order chi connectivity index (χ1) is 9.15. The van der Waals surface area contributed by atoms with Gasteiger partial charge in [-0.15, -0.1) is 0 Å². The SMILES string of the molecule is Cc1c(CNC2CC2)cnn1-c1ccc(Cl)c(F)c1. The largest absolute Gasteiger partial charge is 0.310 e. The molecule has 1 heterocycles. The number of nitrogens with one attached hydrogen (secondary N) is 1. The number of benzene rings is 1. The summed E-state index contributed by atoms with van der Waals surface area (Å²) in [5.74, 6) is -0.424. The molecule has 1 saturated carbocycles. The molecule has 0 atom stereocenters. The average molecular weight is 280 g/mol. The smallest absolute Gasteiger partial charge is 0.143 e. The van der Waals surface area contributed by atoms with Crippen LogP contribution in [0.5, 0.6) is 0 Å². The lowest BCUT2D eigenvalue weighted by Crippen LogP contribution is -2.15. The molecule has 100 valence electrons. The zero-order valence-corrected chi connectivity index (χ0v) is 11.4. The number of aromatic nitrogens is 2. The van der Waals surface area contributed by atoms with E-state index in [0.29, 0.717) is 11.7 Å². The third-order valence-electron chi connectivity index (χ3n) is 3.42. The fourth-order valence-corrected chi connectivity index (χ4v) is 2.15. The van der Waals surface area contributed by atoms with Crippen molar-refractivity contribution in [1.29, 1.82) is 0 Å². The lowest BCUT2D eigenvalue weighted by Gasteiger charge is -2.07. The predicted octanol–water partition coefficient (Wildman–Crippen LogP) is 3.23. The van der Waals surface area contributed by atoms with Crippen molar-refractivity contribution < 1.29 is 4.39 Å². The van der Waals surface area contributed by atoms with E-state index in [1.165, 1.54) is 18.9 Å². The van der Waals surface area contributed by atoms with E-state index >= 15 is 0 Å². The van der Waals surface area contributed by atoms with E-state index in [1.807, 2.05) is 13.1 Å². The van der Waals surface area contributed by atoms with Gasteiger partial charge in [0.05, 0.1) is 16.9 Å². The molecule has 3 nitrogen and oxygen atoms in total. The van der Waals surface area contributed by atoms with Crippen LogP contribution in [-0.4, -0.2) is 15.8 Å². The molecule has 0 aliphatic heterocycles. The van der Waals surface area contributed by atoms with E-state index in [9.17, 15) is 4.39 Å². The molecular formula is C14H15ClFN3. The van der Waals surface area contributed by atoms with Crippen LogP contribution in [0.1, 0.15) is 24.1 Å². The maximum absolute atomic E-state index is 13.5. The molecule has 5 heteroatoms. The van der Waals surface area contributed by atoms with Gasteiger partial charge in [0.25, 0.3) is 0 Å². The molecule has 0 amide bonds. The Morgan fingerprint density at radius 2 is 2.26 bits per heavy atom. The second kappa shape index (κ2) is 4.94. The first-order valence-electron chi connectivity index (χ1n) is 6.37. The van der Waals surface area contributed by atoms with Gasteiger partial charge in [-0.25, -0.2) is 9.07 Å². The molecule has 1 aromatic heterocycles. The number of rotatable bonds is 4. The van der Waals surface area contributed by atoms with Crippen LogP contribution < -0.4 is 5.32 Å². The predicted molar refractivity (Wildman–Crippen MR) is 73.1 cm³/mol. The van der Waals surface area contributed by atoms with Gasteiger partial charge in [-0.1, -0.05) is 11.6 Å². The molecule has 1 aliphatic rings. The maximum Gasteiger partial charge on any atom is 0.143 e. The van der Waals surface area contributed by atoms with Gasteiger partial charge in [-0.3, -0.25) is 0 Å². The Kier molecular flexibility index (Phi) is 3.29. The molecule has 0 saturated heterocycles. The Bertz CT molecular complexity index is 605. The van der Waals surface area contributed by atoms with Crippen molar-refractivity contribution in [3.63, 3.8) is 0 Å². The summed E-state index contributed by atoms with van der Waals surface area (Å²) in [6, 6.07) is 5.38. The average Bonchev–Trinajstić information content (AvgIpc) is 3.15. The normalized spacial score (nSPS) is 14.9. The molecule has 0 spiro atoms. The van der Waals surface area contributed by atoms with Crippen molar-refractivity contribution in [3.8, 4) is 5.69 Å². The highest BCUT2D eigenvalue weighted by atomic mass is 35.5. The second-order valence-corrected chi connectivity index (χ2v) is 5.33. The Hall–Kier alpha value is -1.39. The zero-order chi connectivity index (χ0) is 13.4. The van der Waals surface area contributed by atoms with E-state index in [-0.39, 0.29) is 5.02 Å². The third kappa shape index (κ3) is 2.65. The minimum absolute atomic E-state index is 0.129. The van der Waals surface area contributed by atoms with Crippen molar-refractivity contribution in [2.75, 3.05) is 0 Å². The van der Waals surface area contributed by atoms with Crippen LogP contribution >= 0.6 is 11.6 Å². The molecule has 2 aromatic rings. The Labute approximate surface area is 116 Å². The summed E-state index contributed by atoms with van der Waals surface area (Å²) in [5.41, 5.74) is 2.86. The fourth-order valence-electron chi connectivity index (χ4n) is 2.04. The highest BCUT2D eigenvalue weighted by Crippen LogP contribution is 2.22. The third-order valence-corrected chi connectivity index (χ3v) is 3.72. The number of hydrogen-bond donors (Lipinski definition) is 1. The second-order valence-electron chi connectivity index (χ2n) is 4.92. The molecule has 19 heavy (non-hydrogen) atoms. The van der Waals surface area contributed by atoms with Gasteiger partial charge in [0.15, 0.2) is 0 Å². The summed E-state index contributed by atoms with van der Waals surface area (Å²) in [6.07, 6.45) is 4.35. The standard InChI is InChI=1S/C14H15ClFN3/c1-9-10(7-17-11-2-3-11)8-18-19(9)12-4-5-13(15)14(16)6-12/h4-6,8,11,17H,2-3,7H2,1H3. The van der Waals surface area contributed by atoms with Crippen molar-refractivity contribution in [1.82, 2.24) is 15.1 Å². The van der Waals surface area contributed by atoms with Crippen LogP contribution in [0.15, 0.2) is 24.4 Å². The van der Waals surface area contributed by atoms with Crippen molar-refractivity contribution >= 4 is 11.6 Å². The first kappa shape index (κ1) is 12.6. The highest BCUT2D eigenvalue weighted by Gasteiger charge is 2.21. The van der Waals surface area contributed by atoms with Crippen LogP contribution in [0.2, 0.25) is 5.02 Å². The van der Waals surface area contributed by atoms with E-state index < -0.39 is 5.82 Å². The van der Waals surface area contributed by atoms with Crippen LogP contribution in [0.4, 0.5) is 4.39 Å². The van der Waals surface area contributed by atoms with Gasteiger partial charge in [-0.2, -0.15) is 5.10 Å². The Balaban J connectivity index is 1.85. The summed E-state index contributed by atoms with van der Waals surface area (Å²) < 4.78 is 15.2. The lowest BCUT2D eigenvalue weighted by molar-refractivity contribution is 0.625. The minimum Gasteiger partial charge on any atom is -0.310 e. The fraction of sp³-hybridized carbons (Fsp3) is 0.357. The monoisotopic (exact) mass is 279 g/mol. The van der Waals surface area contributed by atoms with Crippen LogP contribution in [0.25, 0.3) is 5.69 Å². The highest BCUT2D eigenvalue weighted by molar-refractivity contribution is 6.30. The Morgan fingerprint density at radius 1 is 1.47 bits per heavy atom. The van der Waals surface area contributed by atoms with E-state index in [2.05, 4.69) is 10.4 Å². The van der Waals surface area contributed by atoms with Crippen molar-refractivity contribution in [2.45, 2.75) is 32.4 Å². The summed E-state index contributed by atoms with van der Waals surface area (Å²) >= 11 is 5.69. The van der Waals surface area contributed by atoms with Crippen LogP contribution in [0, 0.1) is 12.7 Å². The topological polar surface area (TPSA) is 29.9 Å². The van der Waals surface area contributed by atoms with E-state index in [0.717, 1.165) is 17.8 Å². The molecule has 1 fully saturated rings. The molecule has 0 radical (unpaired) electrons. The summed E-state index contributed by atoms with van der Waals surface area (Å²) in [4.78, 5) is 0. The summed E-state index contributed by atoms with van der Waals surface area (Å²) in [5, 5.41) is 7.90. The Morgan fingerprint density at radius 3 is 2.95 bits per heavy atom. The number of nitrogens with zero attached hydrogens (tertiary/aromatic N) is 2. The van der Waals surface area contributed by atoms with Gasteiger partial charge in [0, 0.05) is 29.9 Å². The summed E-state index contributed by atoms with van der Waals surface area (Å²) in [7, 11) is 0. The van der Waals surface area contributed by atoms with Crippen LogP contribution in [-0.2, 0) is 6.54 Å². The molecule has 3 rings (SSSR count). The maximum atomic E-state index is 13.5. The van der Waals surface area contributed by atoms with E-state index in [1.54, 1.807) is 16.8 Å². The number of halogens is 2. The van der Waals surface area contributed by atoms with Gasteiger partial charge in [0.1, 0.15) is 5.82 Å². The molecule has 0 bridgehead atoms.